The van der Waals surface area contributed by atoms with Gasteiger partial charge in [0.05, 0.1) is 12.2 Å². The first-order valence-corrected chi connectivity index (χ1v) is 9.03. The molecule has 2 aromatic carbocycles. The van der Waals surface area contributed by atoms with Crippen LogP contribution in [0.4, 0.5) is 5.69 Å². The number of benzene rings is 2. The lowest BCUT2D eigenvalue weighted by Gasteiger charge is -2.16. The number of hydrogen-bond acceptors (Lipinski definition) is 5. The normalized spacial score (nSPS) is 13.3. The number of halogens is 2. The van der Waals surface area contributed by atoms with E-state index < -0.39 is 0 Å². The number of amides is 1. The Morgan fingerprint density at radius 1 is 1.15 bits per heavy atom. The Hall–Kier alpha value is -2.28. The second-order valence-electron chi connectivity index (χ2n) is 6.12. The topological polar surface area (TPSA) is 76.7 Å². The van der Waals surface area contributed by atoms with Gasteiger partial charge in [-0.3, -0.25) is 9.59 Å². The van der Waals surface area contributed by atoms with Gasteiger partial charge in [0, 0.05) is 27.7 Å². The maximum Gasteiger partial charge on any atom is 0.238 e. The van der Waals surface area contributed by atoms with Gasteiger partial charge in [-0.05, 0) is 37.6 Å². The maximum atomic E-state index is 12.4. The lowest BCUT2D eigenvalue weighted by Crippen LogP contribution is -2.30. The average Bonchev–Trinajstić information content (AvgIpc) is 3.06. The molecule has 6 nitrogen and oxygen atoms in total. The molecular weight excluding hydrogens is 391 g/mol. The summed E-state index contributed by atoms with van der Waals surface area (Å²) >= 11 is 12.1. The molecule has 1 aliphatic heterocycles. The first-order valence-electron chi connectivity index (χ1n) is 8.28. The Kier molecular flexibility index (Phi) is 5.89. The molecule has 1 aliphatic rings. The molecular formula is C19H18Cl2N2O4. The van der Waals surface area contributed by atoms with E-state index in [0.29, 0.717) is 32.8 Å². The molecule has 142 valence electrons. The van der Waals surface area contributed by atoms with E-state index in [1.54, 1.807) is 24.3 Å². The lowest BCUT2D eigenvalue weighted by atomic mass is 10.1. The molecule has 0 radical (unpaired) electrons. The number of carbonyl (C=O) groups excluding carboxylic acids is 2. The zero-order chi connectivity index (χ0) is 19.6. The second kappa shape index (κ2) is 8.17. The lowest BCUT2D eigenvalue weighted by molar-refractivity contribution is -0.115. The van der Waals surface area contributed by atoms with Gasteiger partial charge < -0.3 is 20.1 Å². The zero-order valence-electron chi connectivity index (χ0n) is 14.8. The van der Waals surface area contributed by atoms with Crippen LogP contribution in [0.5, 0.6) is 11.5 Å². The van der Waals surface area contributed by atoms with Gasteiger partial charge in [0.2, 0.25) is 12.7 Å². The number of fused-ring (bicyclic) bond motifs is 1. The van der Waals surface area contributed by atoms with Crippen LogP contribution in [0.15, 0.2) is 30.3 Å². The van der Waals surface area contributed by atoms with Crippen LogP contribution in [0.1, 0.15) is 35.8 Å². The predicted octanol–water partition coefficient (Wildman–Crippen LogP) is 4.21. The quantitative estimate of drug-likeness (QED) is 0.699. The minimum Gasteiger partial charge on any atom is -0.454 e. The zero-order valence-corrected chi connectivity index (χ0v) is 16.3. The molecule has 0 spiro atoms. The molecule has 0 aromatic heterocycles. The number of hydrogen-bond donors (Lipinski definition) is 2. The van der Waals surface area contributed by atoms with E-state index in [1.165, 1.54) is 6.92 Å². The summed E-state index contributed by atoms with van der Waals surface area (Å²) in [5.41, 5.74) is 1.58. The van der Waals surface area contributed by atoms with E-state index >= 15 is 0 Å². The molecule has 0 bridgehead atoms. The molecule has 1 amide bonds. The first-order chi connectivity index (χ1) is 12.8. The minimum absolute atomic E-state index is 0.0336. The smallest absolute Gasteiger partial charge is 0.238 e. The maximum absolute atomic E-state index is 12.4. The van der Waals surface area contributed by atoms with Gasteiger partial charge >= 0.3 is 0 Å². The molecule has 2 N–H and O–H groups in total. The van der Waals surface area contributed by atoms with E-state index in [1.807, 2.05) is 13.0 Å². The molecule has 1 unspecified atom stereocenters. The van der Waals surface area contributed by atoms with Crippen LogP contribution >= 0.6 is 23.2 Å². The fourth-order valence-electron chi connectivity index (χ4n) is 2.74. The van der Waals surface area contributed by atoms with Crippen LogP contribution in [0.3, 0.4) is 0 Å². The Labute approximate surface area is 166 Å². The third-order valence-corrected chi connectivity index (χ3v) is 4.73. The molecule has 3 rings (SSSR count). The van der Waals surface area contributed by atoms with E-state index in [9.17, 15) is 9.59 Å². The molecule has 2 aromatic rings. The molecule has 8 heteroatoms. The van der Waals surface area contributed by atoms with Crippen LogP contribution in [0, 0.1) is 0 Å². The van der Waals surface area contributed by atoms with Gasteiger partial charge in [-0.25, -0.2) is 0 Å². The van der Waals surface area contributed by atoms with E-state index in [-0.39, 0.29) is 31.1 Å². The summed E-state index contributed by atoms with van der Waals surface area (Å²) in [5, 5.41) is 6.91. The number of rotatable bonds is 6. The van der Waals surface area contributed by atoms with Crippen molar-refractivity contribution in [1.82, 2.24) is 5.32 Å². The standard InChI is InChI=1S/C19H18Cl2N2O4/c1-10(13-4-3-12(20)5-15(13)21)22-8-19(25)23-16-7-18-17(26-9-27-18)6-14(16)11(2)24/h3-7,10,22H,8-9H2,1-2H3,(H,23,25). The number of ether oxygens (including phenoxy) is 2. The highest BCUT2D eigenvalue weighted by atomic mass is 35.5. The highest BCUT2D eigenvalue weighted by molar-refractivity contribution is 6.35. The molecule has 0 aliphatic carbocycles. The Balaban J connectivity index is 1.66. The van der Waals surface area contributed by atoms with Gasteiger partial charge in [0.15, 0.2) is 17.3 Å². The van der Waals surface area contributed by atoms with Crippen molar-refractivity contribution in [3.63, 3.8) is 0 Å². The van der Waals surface area contributed by atoms with Crippen molar-refractivity contribution >= 4 is 40.6 Å². The van der Waals surface area contributed by atoms with Crippen molar-refractivity contribution in [2.45, 2.75) is 19.9 Å². The van der Waals surface area contributed by atoms with Gasteiger partial charge in [0.25, 0.3) is 0 Å². The third-order valence-electron chi connectivity index (χ3n) is 4.16. The molecule has 0 saturated carbocycles. The van der Waals surface area contributed by atoms with Crippen molar-refractivity contribution in [2.24, 2.45) is 0 Å². The third kappa shape index (κ3) is 4.53. The van der Waals surface area contributed by atoms with Crippen molar-refractivity contribution < 1.29 is 19.1 Å². The number of carbonyl (C=O) groups is 2. The monoisotopic (exact) mass is 408 g/mol. The summed E-state index contributed by atoms with van der Waals surface area (Å²) < 4.78 is 10.6. The summed E-state index contributed by atoms with van der Waals surface area (Å²) in [6, 6.07) is 8.21. The summed E-state index contributed by atoms with van der Waals surface area (Å²) in [7, 11) is 0. The van der Waals surface area contributed by atoms with Crippen LogP contribution in [0.25, 0.3) is 0 Å². The highest BCUT2D eigenvalue weighted by Gasteiger charge is 2.20. The van der Waals surface area contributed by atoms with Crippen molar-refractivity contribution in [1.29, 1.82) is 0 Å². The van der Waals surface area contributed by atoms with Crippen molar-refractivity contribution in [2.75, 3.05) is 18.7 Å². The van der Waals surface area contributed by atoms with Crippen LogP contribution in [-0.2, 0) is 4.79 Å². The molecule has 1 atom stereocenters. The molecule has 1 heterocycles. The summed E-state index contributed by atoms with van der Waals surface area (Å²) in [5.74, 6) is 0.498. The van der Waals surface area contributed by atoms with Crippen LogP contribution < -0.4 is 20.1 Å². The van der Waals surface area contributed by atoms with E-state index in [2.05, 4.69) is 10.6 Å². The number of ketones is 1. The first kappa shape index (κ1) is 19.5. The van der Waals surface area contributed by atoms with Gasteiger partial charge in [-0.1, -0.05) is 29.3 Å². The van der Waals surface area contributed by atoms with Gasteiger partial charge in [-0.2, -0.15) is 0 Å². The summed E-state index contributed by atoms with van der Waals surface area (Å²) in [6.07, 6.45) is 0. The number of Topliss-reactive ketones (excluding diaryl/α,β-unsaturated/α-hetero) is 1. The molecule has 27 heavy (non-hydrogen) atoms. The molecule has 0 fully saturated rings. The van der Waals surface area contributed by atoms with Crippen LogP contribution in [0.2, 0.25) is 10.0 Å². The van der Waals surface area contributed by atoms with E-state index in [0.717, 1.165) is 5.56 Å². The Morgan fingerprint density at radius 3 is 2.52 bits per heavy atom. The average molecular weight is 409 g/mol. The van der Waals surface area contributed by atoms with Gasteiger partial charge in [0.1, 0.15) is 0 Å². The SMILES string of the molecule is CC(=O)c1cc2c(cc1NC(=O)CNC(C)c1ccc(Cl)cc1Cl)OCO2. The second-order valence-corrected chi connectivity index (χ2v) is 6.97. The summed E-state index contributed by atoms with van der Waals surface area (Å²) in [6.45, 7) is 3.44. The Morgan fingerprint density at radius 2 is 1.85 bits per heavy atom. The fourth-order valence-corrected chi connectivity index (χ4v) is 3.31. The molecule has 0 saturated heterocycles. The van der Waals surface area contributed by atoms with Crippen molar-refractivity contribution in [3.8, 4) is 11.5 Å². The Bertz CT molecular complexity index is 902. The van der Waals surface area contributed by atoms with Gasteiger partial charge in [-0.15, -0.1) is 0 Å². The number of anilines is 1. The van der Waals surface area contributed by atoms with E-state index in [4.69, 9.17) is 32.7 Å². The number of nitrogens with one attached hydrogen (secondary N) is 2. The minimum atomic E-state index is -0.298. The highest BCUT2D eigenvalue weighted by Crippen LogP contribution is 2.37. The predicted molar refractivity (Wildman–Crippen MR) is 104 cm³/mol. The largest absolute Gasteiger partial charge is 0.454 e. The van der Waals surface area contributed by atoms with Crippen molar-refractivity contribution in [3.05, 3.63) is 51.5 Å². The van der Waals surface area contributed by atoms with Crippen LogP contribution in [-0.4, -0.2) is 25.0 Å². The summed E-state index contributed by atoms with van der Waals surface area (Å²) in [4.78, 5) is 24.2. The fraction of sp³-hybridized carbons (Fsp3) is 0.263.